The molecule has 1 saturated carbocycles. The smallest absolute Gasteiger partial charge is 0.303 e. The largest absolute Gasteiger partial charge is 0.503 e. The second-order valence-electron chi connectivity index (χ2n) is 11.1. The van der Waals surface area contributed by atoms with Gasteiger partial charge in [0.2, 0.25) is 11.8 Å². The summed E-state index contributed by atoms with van der Waals surface area (Å²) in [5, 5.41) is 19.2. The molecule has 42 heavy (non-hydrogen) atoms. The third kappa shape index (κ3) is 4.45. The Morgan fingerprint density at radius 2 is 1.79 bits per heavy atom. The average Bonchev–Trinajstić information content (AvgIpc) is 3.27. The Balaban J connectivity index is 1.57. The number of ether oxygens (including phenoxy) is 1. The standard InChI is InChI=1S/C28H28BrCl3N2O8/c1-42-18-10-13(9-17(30)22(18)37)21-14-6-7-15-20(24(39)33(23(15)38)8-4-2-3-5-19(35)36)16(14)11-27(31)25(40)34(12-29)26(41)28(21,27)32/h6,9-10,15-16,20-21,37H,2-5,7-8,11-12H2,1H3,(H,35,36). The topological polar surface area (TPSA) is 142 Å². The molecule has 4 amide bonds. The lowest BCUT2D eigenvalue weighted by Crippen LogP contribution is -2.60. The number of amides is 4. The van der Waals surface area contributed by atoms with Crippen LogP contribution in [0.3, 0.4) is 0 Å². The predicted molar refractivity (Wildman–Crippen MR) is 156 cm³/mol. The fourth-order valence-electron chi connectivity index (χ4n) is 7.05. The van der Waals surface area contributed by atoms with Crippen molar-refractivity contribution < 1.29 is 38.9 Å². The lowest BCUT2D eigenvalue weighted by Gasteiger charge is -2.50. The fourth-order valence-corrected chi connectivity index (χ4v) is 8.70. The van der Waals surface area contributed by atoms with Crippen LogP contribution in [0.25, 0.3) is 0 Å². The molecule has 1 aromatic rings. The molecule has 0 aromatic heterocycles. The van der Waals surface area contributed by atoms with Crippen molar-refractivity contribution in [3.63, 3.8) is 0 Å². The number of phenolic OH excluding ortho intramolecular Hbond substituents is 1. The number of phenols is 1. The second kappa shape index (κ2) is 11.3. The number of fused-ring (bicyclic) bond motifs is 4. The Bertz CT molecular complexity index is 1420. The van der Waals surface area contributed by atoms with Gasteiger partial charge in [-0.25, -0.2) is 0 Å². The monoisotopic (exact) mass is 704 g/mol. The minimum absolute atomic E-state index is 0.00605. The number of rotatable bonds is 9. The van der Waals surface area contributed by atoms with E-state index in [0.717, 1.165) is 4.90 Å². The van der Waals surface area contributed by atoms with E-state index in [9.17, 15) is 29.1 Å². The highest BCUT2D eigenvalue weighted by Crippen LogP contribution is 2.66. The summed E-state index contributed by atoms with van der Waals surface area (Å²) in [6.45, 7) is 0.154. The number of alkyl halides is 3. The van der Waals surface area contributed by atoms with Gasteiger partial charge in [-0.05, 0) is 49.3 Å². The molecule has 2 aliphatic heterocycles. The number of aromatic hydroxyl groups is 1. The van der Waals surface area contributed by atoms with Crippen molar-refractivity contribution in [1.82, 2.24) is 9.80 Å². The average molecular weight is 707 g/mol. The molecule has 3 fully saturated rings. The van der Waals surface area contributed by atoms with Gasteiger partial charge in [0.25, 0.3) is 11.8 Å². The van der Waals surface area contributed by atoms with Crippen LogP contribution in [0.1, 0.15) is 50.0 Å². The van der Waals surface area contributed by atoms with Gasteiger partial charge in [-0.3, -0.25) is 33.8 Å². The van der Waals surface area contributed by atoms with Crippen molar-refractivity contribution in [3.8, 4) is 11.5 Å². The molecule has 10 nitrogen and oxygen atoms in total. The molecular formula is C28H28BrCl3N2O8. The summed E-state index contributed by atoms with van der Waals surface area (Å²) in [5.74, 6) is -6.60. The summed E-state index contributed by atoms with van der Waals surface area (Å²) in [6, 6.07) is 2.91. The SMILES string of the molecule is COc1cc(C2C3=CCC4C(=O)N(CCCCCC(=O)O)C(=O)C4C3CC3(Cl)C(=O)N(CBr)C(=O)C23Cl)cc(Cl)c1O. The van der Waals surface area contributed by atoms with Crippen molar-refractivity contribution in [2.75, 3.05) is 19.1 Å². The van der Waals surface area contributed by atoms with Crippen molar-refractivity contribution in [2.24, 2.45) is 17.8 Å². The predicted octanol–water partition coefficient (Wildman–Crippen LogP) is 4.41. The highest BCUT2D eigenvalue weighted by Gasteiger charge is 2.76. The molecule has 6 atom stereocenters. The zero-order valence-electron chi connectivity index (χ0n) is 22.4. The number of hydrogen-bond acceptors (Lipinski definition) is 7. The minimum Gasteiger partial charge on any atom is -0.503 e. The summed E-state index contributed by atoms with van der Waals surface area (Å²) < 4.78 is 5.30. The van der Waals surface area contributed by atoms with E-state index < -0.39 is 57.1 Å². The second-order valence-corrected chi connectivity index (χ2v) is 13.2. The fraction of sp³-hybridized carbons (Fsp3) is 0.536. The summed E-state index contributed by atoms with van der Waals surface area (Å²) in [6.07, 6.45) is 3.30. The van der Waals surface area contributed by atoms with Crippen LogP contribution in [0.5, 0.6) is 11.5 Å². The van der Waals surface area contributed by atoms with Gasteiger partial charge in [-0.1, -0.05) is 45.6 Å². The first-order valence-corrected chi connectivity index (χ1v) is 15.7. The van der Waals surface area contributed by atoms with Gasteiger partial charge < -0.3 is 14.9 Å². The van der Waals surface area contributed by atoms with E-state index in [1.54, 1.807) is 6.08 Å². The molecule has 2 aliphatic carbocycles. The van der Waals surface area contributed by atoms with Gasteiger partial charge in [-0.15, -0.1) is 23.2 Å². The lowest BCUT2D eigenvalue weighted by molar-refractivity contribution is -0.141. The zero-order chi connectivity index (χ0) is 30.7. The minimum atomic E-state index is -2.00. The number of allylic oxidation sites excluding steroid dienone is 2. The van der Waals surface area contributed by atoms with E-state index in [2.05, 4.69) is 15.9 Å². The number of nitrogens with zero attached hydrogens (tertiary/aromatic N) is 2. The number of carbonyl (C=O) groups is 5. The van der Waals surface area contributed by atoms with Crippen LogP contribution in [0.15, 0.2) is 23.8 Å². The molecule has 5 rings (SSSR count). The van der Waals surface area contributed by atoms with Crippen LogP contribution in [-0.4, -0.2) is 78.5 Å². The zero-order valence-corrected chi connectivity index (χ0v) is 26.3. The summed E-state index contributed by atoms with van der Waals surface area (Å²) >= 11 is 23.9. The molecule has 0 radical (unpaired) electrons. The highest BCUT2D eigenvalue weighted by atomic mass is 79.9. The Labute approximate surface area is 265 Å². The summed E-state index contributed by atoms with van der Waals surface area (Å²) in [5.41, 5.74) is 0.796. The molecule has 2 saturated heterocycles. The molecule has 14 heteroatoms. The van der Waals surface area contributed by atoms with E-state index in [1.807, 2.05) is 0 Å². The van der Waals surface area contributed by atoms with Gasteiger partial charge in [0, 0.05) is 18.9 Å². The Morgan fingerprint density at radius 1 is 1.07 bits per heavy atom. The quantitative estimate of drug-likeness (QED) is 0.127. The first-order valence-electron chi connectivity index (χ1n) is 13.5. The molecule has 1 aromatic carbocycles. The number of benzene rings is 1. The van der Waals surface area contributed by atoms with Crippen LogP contribution in [-0.2, 0) is 24.0 Å². The number of halogens is 4. The maximum Gasteiger partial charge on any atom is 0.303 e. The van der Waals surface area contributed by atoms with Crippen LogP contribution in [0.2, 0.25) is 5.02 Å². The van der Waals surface area contributed by atoms with Crippen molar-refractivity contribution in [2.45, 2.75) is 54.2 Å². The molecule has 2 heterocycles. The normalized spacial score (nSPS) is 32.1. The van der Waals surface area contributed by atoms with E-state index in [4.69, 9.17) is 44.6 Å². The number of imide groups is 2. The van der Waals surface area contributed by atoms with Crippen LogP contribution >= 0.6 is 50.7 Å². The molecule has 226 valence electrons. The maximum absolute atomic E-state index is 13.8. The number of aliphatic carboxylic acids is 1. The lowest BCUT2D eigenvalue weighted by atomic mass is 9.56. The van der Waals surface area contributed by atoms with Crippen LogP contribution in [0.4, 0.5) is 0 Å². The number of hydrogen-bond donors (Lipinski definition) is 2. The molecule has 6 unspecified atom stereocenters. The summed E-state index contributed by atoms with van der Waals surface area (Å²) in [4.78, 5) is 63.8. The highest BCUT2D eigenvalue weighted by molar-refractivity contribution is 9.09. The van der Waals surface area contributed by atoms with E-state index in [0.29, 0.717) is 30.4 Å². The number of carboxylic acids is 1. The first kappa shape index (κ1) is 31.1. The van der Waals surface area contributed by atoms with Gasteiger partial charge in [0.1, 0.15) is 0 Å². The van der Waals surface area contributed by atoms with Gasteiger partial charge in [-0.2, -0.15) is 0 Å². The van der Waals surface area contributed by atoms with E-state index in [1.165, 1.54) is 24.1 Å². The third-order valence-electron chi connectivity index (χ3n) is 8.98. The molecule has 0 bridgehead atoms. The molecule has 2 N–H and O–H groups in total. The number of carbonyl (C=O) groups excluding carboxylic acids is 4. The number of carboxylic acid groups (broad SMARTS) is 1. The molecular weight excluding hydrogens is 679 g/mol. The van der Waals surface area contributed by atoms with E-state index in [-0.39, 0.29) is 53.7 Å². The first-order chi connectivity index (χ1) is 19.8. The van der Waals surface area contributed by atoms with Crippen LogP contribution < -0.4 is 4.74 Å². The molecule has 0 spiro atoms. The van der Waals surface area contributed by atoms with Crippen molar-refractivity contribution in [1.29, 1.82) is 0 Å². The third-order valence-corrected chi connectivity index (χ3v) is 11.2. The van der Waals surface area contributed by atoms with E-state index >= 15 is 0 Å². The Hall–Kier alpha value is -2.34. The summed E-state index contributed by atoms with van der Waals surface area (Å²) in [7, 11) is 1.33. The maximum atomic E-state index is 13.8. The van der Waals surface area contributed by atoms with Gasteiger partial charge in [0.15, 0.2) is 21.2 Å². The molecule has 4 aliphatic rings. The Kier molecular flexibility index (Phi) is 8.37. The van der Waals surface area contributed by atoms with Crippen LogP contribution in [0, 0.1) is 17.8 Å². The Morgan fingerprint density at radius 3 is 2.43 bits per heavy atom. The number of methoxy groups -OCH3 is 1. The van der Waals surface area contributed by atoms with Crippen molar-refractivity contribution in [3.05, 3.63) is 34.4 Å². The van der Waals surface area contributed by atoms with Gasteiger partial charge >= 0.3 is 5.97 Å². The van der Waals surface area contributed by atoms with Gasteiger partial charge in [0.05, 0.1) is 29.4 Å². The van der Waals surface area contributed by atoms with Crippen molar-refractivity contribution >= 4 is 80.3 Å². The number of likely N-dealkylation sites (tertiary alicyclic amines) is 2. The number of unbranched alkanes of at least 4 members (excludes halogenated alkanes) is 2.